The van der Waals surface area contributed by atoms with Crippen LogP contribution < -0.4 is 0 Å². The first-order valence-electron chi connectivity index (χ1n) is 6.85. The van der Waals surface area contributed by atoms with E-state index in [1.165, 1.54) is 0 Å². The average molecular weight is 252 g/mol. The van der Waals surface area contributed by atoms with Gasteiger partial charge in [-0.05, 0) is 32.3 Å². The number of nitrogens with zero attached hydrogens (tertiary/aromatic N) is 2. The SMILES string of the molecule is CCCn1nccc1C(=O)C(CC)(CC)OCC. The summed E-state index contributed by atoms with van der Waals surface area (Å²) in [4.78, 5) is 12.7. The van der Waals surface area contributed by atoms with Crippen molar-refractivity contribution in [3.05, 3.63) is 18.0 Å². The summed E-state index contributed by atoms with van der Waals surface area (Å²) in [6.07, 6.45) is 4.02. The Morgan fingerprint density at radius 3 is 2.50 bits per heavy atom. The number of carbonyl (C=O) groups excluding carboxylic acids is 1. The van der Waals surface area contributed by atoms with Gasteiger partial charge in [0.15, 0.2) is 0 Å². The van der Waals surface area contributed by atoms with Crippen LogP contribution >= 0.6 is 0 Å². The van der Waals surface area contributed by atoms with Crippen molar-refractivity contribution in [2.24, 2.45) is 0 Å². The van der Waals surface area contributed by atoms with Gasteiger partial charge in [0.05, 0.1) is 0 Å². The summed E-state index contributed by atoms with van der Waals surface area (Å²) in [5, 5.41) is 4.21. The third-order valence-corrected chi connectivity index (χ3v) is 3.36. The monoisotopic (exact) mass is 252 g/mol. The Balaban J connectivity index is 3.05. The molecule has 0 aliphatic rings. The van der Waals surface area contributed by atoms with Crippen LogP contribution in [0.15, 0.2) is 12.3 Å². The second-order valence-electron chi connectivity index (χ2n) is 4.40. The Kier molecular flexibility index (Phi) is 5.54. The molecule has 1 aromatic rings. The normalized spacial score (nSPS) is 11.8. The second kappa shape index (κ2) is 6.69. The van der Waals surface area contributed by atoms with Crippen LogP contribution in [0.3, 0.4) is 0 Å². The Labute approximate surface area is 109 Å². The Morgan fingerprint density at radius 2 is 2.00 bits per heavy atom. The molecular weight excluding hydrogens is 228 g/mol. The minimum atomic E-state index is -0.694. The topological polar surface area (TPSA) is 44.1 Å². The molecule has 0 spiro atoms. The van der Waals surface area contributed by atoms with E-state index in [-0.39, 0.29) is 5.78 Å². The van der Waals surface area contributed by atoms with Crippen LogP contribution in [0.5, 0.6) is 0 Å². The van der Waals surface area contributed by atoms with Gasteiger partial charge in [0.2, 0.25) is 5.78 Å². The van der Waals surface area contributed by atoms with Gasteiger partial charge in [-0.25, -0.2) is 0 Å². The number of aromatic nitrogens is 2. The number of carbonyl (C=O) groups is 1. The van der Waals surface area contributed by atoms with E-state index < -0.39 is 5.60 Å². The molecular formula is C14H24N2O2. The van der Waals surface area contributed by atoms with Gasteiger partial charge in [0.1, 0.15) is 11.3 Å². The molecule has 1 rings (SSSR count). The highest BCUT2D eigenvalue weighted by Gasteiger charge is 2.37. The third kappa shape index (κ3) is 2.80. The predicted molar refractivity (Wildman–Crippen MR) is 71.8 cm³/mol. The highest BCUT2D eigenvalue weighted by molar-refractivity contribution is 6.01. The number of hydrogen-bond donors (Lipinski definition) is 0. The Morgan fingerprint density at radius 1 is 1.33 bits per heavy atom. The number of ketones is 1. The maximum atomic E-state index is 12.7. The number of hydrogen-bond acceptors (Lipinski definition) is 3. The van der Waals surface area contributed by atoms with Gasteiger partial charge in [-0.3, -0.25) is 9.48 Å². The van der Waals surface area contributed by atoms with Crippen molar-refractivity contribution in [1.82, 2.24) is 9.78 Å². The Bertz CT molecular complexity index is 381. The summed E-state index contributed by atoms with van der Waals surface area (Å²) < 4.78 is 7.54. The molecule has 0 saturated carbocycles. The fourth-order valence-corrected chi connectivity index (χ4v) is 2.27. The van der Waals surface area contributed by atoms with Crippen LogP contribution in [-0.4, -0.2) is 27.8 Å². The third-order valence-electron chi connectivity index (χ3n) is 3.36. The summed E-state index contributed by atoms with van der Waals surface area (Å²) in [5.41, 5.74) is -0.0331. The minimum Gasteiger partial charge on any atom is -0.367 e. The number of Topliss-reactive ketones (excluding diaryl/α,β-unsaturated/α-hetero) is 1. The van der Waals surface area contributed by atoms with E-state index in [0.717, 1.165) is 13.0 Å². The first kappa shape index (κ1) is 14.9. The smallest absolute Gasteiger partial charge is 0.212 e. The molecule has 4 heteroatoms. The van der Waals surface area contributed by atoms with Crippen molar-refractivity contribution in [3.63, 3.8) is 0 Å². The molecule has 1 heterocycles. The van der Waals surface area contributed by atoms with E-state index in [1.54, 1.807) is 16.9 Å². The van der Waals surface area contributed by atoms with E-state index in [0.29, 0.717) is 25.1 Å². The van der Waals surface area contributed by atoms with Gasteiger partial charge in [-0.1, -0.05) is 20.8 Å². The lowest BCUT2D eigenvalue weighted by Gasteiger charge is -2.30. The molecule has 0 amide bonds. The summed E-state index contributed by atoms with van der Waals surface area (Å²) >= 11 is 0. The lowest BCUT2D eigenvalue weighted by atomic mass is 9.90. The fourth-order valence-electron chi connectivity index (χ4n) is 2.27. The largest absolute Gasteiger partial charge is 0.367 e. The molecule has 0 bridgehead atoms. The van der Waals surface area contributed by atoms with E-state index in [4.69, 9.17) is 4.74 Å². The predicted octanol–water partition coefficient (Wildman–Crippen LogP) is 3.07. The summed E-state index contributed by atoms with van der Waals surface area (Å²) in [6, 6.07) is 1.79. The molecule has 0 aliphatic heterocycles. The summed E-state index contributed by atoms with van der Waals surface area (Å²) in [6.45, 7) is 9.32. The molecule has 0 fully saturated rings. The summed E-state index contributed by atoms with van der Waals surface area (Å²) in [5.74, 6) is 0.0558. The molecule has 0 atom stereocenters. The summed E-state index contributed by atoms with van der Waals surface area (Å²) in [7, 11) is 0. The van der Waals surface area contributed by atoms with Gasteiger partial charge in [-0.15, -0.1) is 0 Å². The van der Waals surface area contributed by atoms with E-state index in [1.807, 2.05) is 20.8 Å². The zero-order valence-corrected chi connectivity index (χ0v) is 11.9. The molecule has 18 heavy (non-hydrogen) atoms. The first-order valence-corrected chi connectivity index (χ1v) is 6.85. The van der Waals surface area contributed by atoms with Crippen LogP contribution in [0.4, 0.5) is 0 Å². The highest BCUT2D eigenvalue weighted by atomic mass is 16.5. The zero-order valence-electron chi connectivity index (χ0n) is 11.9. The van der Waals surface area contributed by atoms with Crippen LogP contribution in [-0.2, 0) is 11.3 Å². The standard InChI is InChI=1S/C14H24N2O2/c1-5-11-16-12(9-10-15-16)13(17)14(6-2,7-3)18-8-4/h9-10H,5-8,11H2,1-4H3. The quantitative estimate of drug-likeness (QED) is 0.668. The van der Waals surface area contributed by atoms with Crippen LogP contribution in [0.25, 0.3) is 0 Å². The van der Waals surface area contributed by atoms with Gasteiger partial charge in [0.25, 0.3) is 0 Å². The molecule has 1 aromatic heterocycles. The number of aryl methyl sites for hydroxylation is 1. The van der Waals surface area contributed by atoms with Crippen molar-refractivity contribution in [1.29, 1.82) is 0 Å². The van der Waals surface area contributed by atoms with Gasteiger partial charge < -0.3 is 4.74 Å². The van der Waals surface area contributed by atoms with E-state index >= 15 is 0 Å². The minimum absolute atomic E-state index is 0.0558. The van der Waals surface area contributed by atoms with Crippen molar-refractivity contribution in [2.75, 3.05) is 6.61 Å². The van der Waals surface area contributed by atoms with Crippen molar-refractivity contribution >= 4 is 5.78 Å². The van der Waals surface area contributed by atoms with Crippen LogP contribution in [0.2, 0.25) is 0 Å². The molecule has 0 aromatic carbocycles. The Hall–Kier alpha value is -1.16. The van der Waals surface area contributed by atoms with Gasteiger partial charge >= 0.3 is 0 Å². The molecule has 4 nitrogen and oxygen atoms in total. The molecule has 0 radical (unpaired) electrons. The van der Waals surface area contributed by atoms with Crippen molar-refractivity contribution < 1.29 is 9.53 Å². The fraction of sp³-hybridized carbons (Fsp3) is 0.714. The maximum Gasteiger partial charge on any atom is 0.212 e. The van der Waals surface area contributed by atoms with Crippen LogP contribution in [0.1, 0.15) is 57.4 Å². The van der Waals surface area contributed by atoms with E-state index in [2.05, 4.69) is 12.0 Å². The highest BCUT2D eigenvalue weighted by Crippen LogP contribution is 2.25. The lowest BCUT2D eigenvalue weighted by Crippen LogP contribution is -2.41. The molecule has 0 aliphatic carbocycles. The number of ether oxygens (including phenoxy) is 1. The van der Waals surface area contributed by atoms with Gasteiger partial charge in [0, 0.05) is 19.3 Å². The van der Waals surface area contributed by atoms with Crippen LogP contribution in [0, 0.1) is 0 Å². The maximum absolute atomic E-state index is 12.7. The first-order chi connectivity index (χ1) is 8.65. The molecule has 102 valence electrons. The molecule has 0 saturated heterocycles. The van der Waals surface area contributed by atoms with Gasteiger partial charge in [-0.2, -0.15) is 5.10 Å². The molecule has 0 unspecified atom stereocenters. The molecule has 0 N–H and O–H groups in total. The number of rotatable bonds is 8. The van der Waals surface area contributed by atoms with Crippen molar-refractivity contribution in [3.8, 4) is 0 Å². The lowest BCUT2D eigenvalue weighted by molar-refractivity contribution is -0.0257. The average Bonchev–Trinajstić information content (AvgIpc) is 2.84. The van der Waals surface area contributed by atoms with Crippen molar-refractivity contribution in [2.45, 2.75) is 59.1 Å². The van der Waals surface area contributed by atoms with E-state index in [9.17, 15) is 4.79 Å². The zero-order chi connectivity index (χ0) is 13.6. The second-order valence-corrected chi connectivity index (χ2v) is 4.40.